The van der Waals surface area contributed by atoms with E-state index >= 15 is 0 Å². The van der Waals surface area contributed by atoms with Crippen LogP contribution in [0.2, 0.25) is 0 Å². The van der Waals surface area contributed by atoms with Gasteiger partial charge in [0, 0.05) is 10.9 Å². The van der Waals surface area contributed by atoms with E-state index in [2.05, 4.69) is 12.2 Å². The monoisotopic (exact) mass is 240 g/mol. The Morgan fingerprint density at radius 3 is 2.81 bits per heavy atom. The first-order valence-corrected chi connectivity index (χ1v) is 6.55. The van der Waals surface area contributed by atoms with Crippen molar-refractivity contribution in [3.8, 4) is 0 Å². The highest BCUT2D eigenvalue weighted by Gasteiger charge is 2.14. The van der Waals surface area contributed by atoms with E-state index in [0.717, 1.165) is 19.3 Å². The highest BCUT2D eigenvalue weighted by atomic mass is 32.1. The number of amides is 1. The summed E-state index contributed by atoms with van der Waals surface area (Å²) >= 11 is 1.53. The summed E-state index contributed by atoms with van der Waals surface area (Å²) < 4.78 is 0. The second kappa shape index (κ2) is 5.89. The van der Waals surface area contributed by atoms with E-state index in [0.29, 0.717) is 10.6 Å². The average molecular weight is 240 g/mol. The smallest absolute Gasteiger partial charge is 0.254 e. The van der Waals surface area contributed by atoms with E-state index in [1.165, 1.54) is 16.2 Å². The van der Waals surface area contributed by atoms with Crippen LogP contribution in [-0.4, -0.2) is 11.9 Å². The molecule has 3 nitrogen and oxygen atoms in total. The molecule has 0 aliphatic heterocycles. The van der Waals surface area contributed by atoms with E-state index in [-0.39, 0.29) is 11.9 Å². The number of rotatable bonds is 5. The summed E-state index contributed by atoms with van der Waals surface area (Å²) in [6, 6.07) is 2.07. The molecule has 16 heavy (non-hydrogen) atoms. The Morgan fingerprint density at radius 1 is 1.56 bits per heavy atom. The highest BCUT2D eigenvalue weighted by Crippen LogP contribution is 2.26. The number of carbonyl (C=O) groups excluding carboxylic acids is 1. The summed E-state index contributed by atoms with van der Waals surface area (Å²) in [6.07, 6.45) is 3.32. The molecule has 0 spiro atoms. The summed E-state index contributed by atoms with van der Waals surface area (Å²) in [6.45, 7) is 6.04. The van der Waals surface area contributed by atoms with Crippen LogP contribution in [0.15, 0.2) is 6.07 Å². The predicted octanol–water partition coefficient (Wildman–Crippen LogP) is 2.81. The molecule has 0 bridgehead atoms. The van der Waals surface area contributed by atoms with Gasteiger partial charge in [0.2, 0.25) is 0 Å². The maximum atomic E-state index is 11.8. The van der Waals surface area contributed by atoms with Crippen molar-refractivity contribution in [2.24, 2.45) is 0 Å². The van der Waals surface area contributed by atoms with Crippen LogP contribution >= 0.6 is 11.3 Å². The molecule has 0 saturated carbocycles. The molecule has 0 aliphatic rings. The van der Waals surface area contributed by atoms with Crippen molar-refractivity contribution < 1.29 is 4.79 Å². The molecule has 0 saturated heterocycles. The summed E-state index contributed by atoms with van der Waals surface area (Å²) in [5, 5.41) is 3.49. The lowest BCUT2D eigenvalue weighted by molar-refractivity contribution is 0.0944. The number of nitrogens with one attached hydrogen (secondary N) is 1. The van der Waals surface area contributed by atoms with E-state index in [4.69, 9.17) is 5.73 Å². The normalized spacial score (nSPS) is 10.8. The van der Waals surface area contributed by atoms with Crippen LogP contribution in [0, 0.1) is 0 Å². The largest absolute Gasteiger partial charge is 0.390 e. The molecule has 90 valence electrons. The molecule has 1 aromatic heterocycles. The van der Waals surface area contributed by atoms with Gasteiger partial charge in [0.15, 0.2) is 0 Å². The minimum atomic E-state index is -0.0634. The number of carbonyl (C=O) groups is 1. The van der Waals surface area contributed by atoms with E-state index < -0.39 is 0 Å². The molecule has 0 unspecified atom stereocenters. The Balaban J connectivity index is 2.72. The number of thiophene rings is 1. The summed E-state index contributed by atoms with van der Waals surface area (Å²) in [5.74, 6) is -0.0634. The van der Waals surface area contributed by atoms with Gasteiger partial charge in [-0.3, -0.25) is 4.79 Å². The molecule has 0 aliphatic carbocycles. The van der Waals surface area contributed by atoms with Crippen LogP contribution in [0.4, 0.5) is 5.00 Å². The number of hydrogen-bond acceptors (Lipinski definition) is 3. The molecule has 1 amide bonds. The van der Waals surface area contributed by atoms with Gasteiger partial charge in [-0.1, -0.05) is 13.3 Å². The van der Waals surface area contributed by atoms with Crippen molar-refractivity contribution >= 4 is 22.2 Å². The first-order chi connectivity index (χ1) is 7.54. The number of hydrogen-bond donors (Lipinski definition) is 2. The van der Waals surface area contributed by atoms with Gasteiger partial charge in [-0.2, -0.15) is 0 Å². The van der Waals surface area contributed by atoms with Gasteiger partial charge in [-0.25, -0.2) is 0 Å². The molecule has 1 heterocycles. The van der Waals surface area contributed by atoms with Gasteiger partial charge in [-0.15, -0.1) is 11.3 Å². The van der Waals surface area contributed by atoms with Crippen molar-refractivity contribution in [1.29, 1.82) is 0 Å². The Kier molecular flexibility index (Phi) is 4.80. The van der Waals surface area contributed by atoms with Crippen LogP contribution < -0.4 is 11.1 Å². The van der Waals surface area contributed by atoms with Gasteiger partial charge in [0.1, 0.15) is 0 Å². The van der Waals surface area contributed by atoms with Crippen LogP contribution in [-0.2, 0) is 6.42 Å². The lowest BCUT2D eigenvalue weighted by atomic mass is 10.2. The minimum absolute atomic E-state index is 0.0634. The third kappa shape index (κ3) is 3.52. The van der Waals surface area contributed by atoms with Gasteiger partial charge >= 0.3 is 0 Å². The van der Waals surface area contributed by atoms with Crippen molar-refractivity contribution in [2.75, 3.05) is 5.73 Å². The Morgan fingerprint density at radius 2 is 2.25 bits per heavy atom. The fourth-order valence-corrected chi connectivity index (χ4v) is 2.42. The first-order valence-electron chi connectivity index (χ1n) is 5.73. The van der Waals surface area contributed by atoms with Crippen molar-refractivity contribution in [1.82, 2.24) is 5.32 Å². The SMILES string of the molecule is CCCCc1cc(C(=O)NC(C)C)c(N)s1. The maximum absolute atomic E-state index is 11.8. The zero-order chi connectivity index (χ0) is 12.1. The molecule has 0 fully saturated rings. The third-order valence-corrected chi connectivity index (χ3v) is 3.28. The lowest BCUT2D eigenvalue weighted by Crippen LogP contribution is -2.30. The summed E-state index contributed by atoms with van der Waals surface area (Å²) in [5.41, 5.74) is 6.48. The Hall–Kier alpha value is -1.03. The minimum Gasteiger partial charge on any atom is -0.390 e. The predicted molar refractivity (Wildman–Crippen MR) is 69.9 cm³/mol. The number of anilines is 1. The van der Waals surface area contributed by atoms with Gasteiger partial charge < -0.3 is 11.1 Å². The zero-order valence-corrected chi connectivity index (χ0v) is 11.0. The molecule has 1 aromatic rings. The number of aryl methyl sites for hydroxylation is 1. The third-order valence-electron chi connectivity index (χ3n) is 2.25. The number of unbranched alkanes of at least 4 members (excludes halogenated alkanes) is 1. The quantitative estimate of drug-likeness (QED) is 0.831. The first kappa shape index (κ1) is 13.0. The van der Waals surface area contributed by atoms with Crippen LogP contribution in [0.5, 0.6) is 0 Å². The summed E-state index contributed by atoms with van der Waals surface area (Å²) in [7, 11) is 0. The maximum Gasteiger partial charge on any atom is 0.254 e. The van der Waals surface area contributed by atoms with E-state index in [1.807, 2.05) is 19.9 Å². The van der Waals surface area contributed by atoms with E-state index in [9.17, 15) is 4.79 Å². The van der Waals surface area contributed by atoms with Crippen LogP contribution in [0.25, 0.3) is 0 Å². The molecule has 3 N–H and O–H groups in total. The average Bonchev–Trinajstić information content (AvgIpc) is 2.55. The lowest BCUT2D eigenvalue weighted by Gasteiger charge is -2.06. The van der Waals surface area contributed by atoms with Gasteiger partial charge in [-0.05, 0) is 32.8 Å². The molecule has 0 aromatic carbocycles. The second-order valence-electron chi connectivity index (χ2n) is 4.22. The van der Waals surface area contributed by atoms with Gasteiger partial charge in [0.25, 0.3) is 5.91 Å². The molecule has 4 heteroatoms. The topological polar surface area (TPSA) is 55.1 Å². The van der Waals surface area contributed by atoms with Crippen LogP contribution in [0.1, 0.15) is 48.8 Å². The molecule has 1 rings (SSSR count). The standard InChI is InChI=1S/C12H20N2OS/c1-4-5-6-9-7-10(11(13)16-9)12(15)14-8(2)3/h7-8H,4-6,13H2,1-3H3,(H,14,15). The van der Waals surface area contributed by atoms with Crippen LogP contribution in [0.3, 0.4) is 0 Å². The Labute approximate surface area is 101 Å². The Bertz CT molecular complexity index is 358. The fourth-order valence-electron chi connectivity index (χ4n) is 1.45. The molecule has 0 radical (unpaired) electrons. The number of nitrogens with two attached hydrogens (primary N) is 1. The van der Waals surface area contributed by atoms with Crippen molar-refractivity contribution in [3.05, 3.63) is 16.5 Å². The van der Waals surface area contributed by atoms with Crippen molar-refractivity contribution in [2.45, 2.75) is 46.1 Å². The molecular weight excluding hydrogens is 220 g/mol. The highest BCUT2D eigenvalue weighted by molar-refractivity contribution is 7.16. The fraction of sp³-hybridized carbons (Fsp3) is 0.583. The molecule has 0 atom stereocenters. The van der Waals surface area contributed by atoms with E-state index in [1.54, 1.807) is 0 Å². The van der Waals surface area contributed by atoms with Crippen molar-refractivity contribution in [3.63, 3.8) is 0 Å². The summed E-state index contributed by atoms with van der Waals surface area (Å²) in [4.78, 5) is 13.0. The van der Waals surface area contributed by atoms with Gasteiger partial charge in [0.05, 0.1) is 10.6 Å². The zero-order valence-electron chi connectivity index (χ0n) is 10.2. The molecular formula is C12H20N2OS. The second-order valence-corrected chi connectivity index (χ2v) is 5.39. The number of nitrogen functional groups attached to an aromatic ring is 1.